The summed E-state index contributed by atoms with van der Waals surface area (Å²) in [6, 6.07) is 7.33. The van der Waals surface area contributed by atoms with Gasteiger partial charge < -0.3 is 10.2 Å². The third kappa shape index (κ3) is 4.69. The highest BCUT2D eigenvalue weighted by Crippen LogP contribution is 2.20. The average Bonchev–Trinajstić information content (AvgIpc) is 2.34. The lowest BCUT2D eigenvalue weighted by Crippen LogP contribution is -2.22. The van der Waals surface area contributed by atoms with Crippen molar-refractivity contribution in [3.63, 3.8) is 0 Å². The topological polar surface area (TPSA) is 15.3 Å². The molecule has 1 rings (SSSR count). The second-order valence-corrected chi connectivity index (χ2v) is 5.40. The molecule has 1 unspecified atom stereocenters. The molecule has 1 atom stereocenters. The lowest BCUT2D eigenvalue weighted by atomic mass is 10.1. The van der Waals surface area contributed by atoms with E-state index < -0.39 is 0 Å². The number of unbranched alkanes of at least 4 members (excludes halogenated alkanes) is 1. The first kappa shape index (κ1) is 15.0. The Morgan fingerprint density at radius 1 is 1.22 bits per heavy atom. The molecule has 0 spiro atoms. The molecule has 0 amide bonds. The highest BCUT2D eigenvalue weighted by molar-refractivity contribution is 5.53. The lowest BCUT2D eigenvalue weighted by Gasteiger charge is -2.22. The Kier molecular flexibility index (Phi) is 6.20. The molecule has 0 fully saturated rings. The molecular formula is C16H28N2. The molecule has 1 aromatic carbocycles. The molecule has 0 aliphatic heterocycles. The summed E-state index contributed by atoms with van der Waals surface area (Å²) in [7, 11) is 4.23. The van der Waals surface area contributed by atoms with E-state index in [0.717, 1.165) is 6.54 Å². The third-order valence-corrected chi connectivity index (χ3v) is 3.64. The smallest absolute Gasteiger partial charge is 0.0393 e. The fourth-order valence-corrected chi connectivity index (χ4v) is 2.30. The average molecular weight is 248 g/mol. The standard InChI is InChI=1S/C16H28N2/c1-13-9-10-16(14(2)12-13)18(5)11-7-6-8-15(3)17-4/h9-10,12,15,17H,6-8,11H2,1-5H3. The van der Waals surface area contributed by atoms with Crippen molar-refractivity contribution < 1.29 is 0 Å². The summed E-state index contributed by atoms with van der Waals surface area (Å²) in [6.45, 7) is 7.73. The van der Waals surface area contributed by atoms with Gasteiger partial charge in [0.05, 0.1) is 0 Å². The predicted molar refractivity (Wildman–Crippen MR) is 81.6 cm³/mol. The Balaban J connectivity index is 2.38. The van der Waals surface area contributed by atoms with Crippen LogP contribution in [0.3, 0.4) is 0 Å². The quantitative estimate of drug-likeness (QED) is 0.743. The highest BCUT2D eigenvalue weighted by Gasteiger charge is 2.05. The second-order valence-electron chi connectivity index (χ2n) is 5.40. The zero-order valence-corrected chi connectivity index (χ0v) is 12.6. The zero-order valence-electron chi connectivity index (χ0n) is 12.6. The van der Waals surface area contributed by atoms with E-state index in [1.165, 1.54) is 36.1 Å². The number of rotatable bonds is 7. The fraction of sp³-hybridized carbons (Fsp3) is 0.625. The van der Waals surface area contributed by atoms with Crippen LogP contribution < -0.4 is 10.2 Å². The van der Waals surface area contributed by atoms with E-state index in [4.69, 9.17) is 0 Å². The van der Waals surface area contributed by atoms with Crippen molar-refractivity contribution >= 4 is 5.69 Å². The molecule has 0 saturated carbocycles. The van der Waals surface area contributed by atoms with Crippen LogP contribution in [0, 0.1) is 13.8 Å². The van der Waals surface area contributed by atoms with Gasteiger partial charge in [-0.25, -0.2) is 0 Å². The molecule has 2 nitrogen and oxygen atoms in total. The van der Waals surface area contributed by atoms with E-state index in [9.17, 15) is 0 Å². The summed E-state index contributed by atoms with van der Waals surface area (Å²) < 4.78 is 0. The molecule has 2 heteroatoms. The van der Waals surface area contributed by atoms with Crippen LogP contribution in [0.15, 0.2) is 18.2 Å². The molecule has 102 valence electrons. The van der Waals surface area contributed by atoms with Crippen molar-refractivity contribution in [1.29, 1.82) is 0 Å². The molecule has 0 aliphatic rings. The molecule has 1 N–H and O–H groups in total. The van der Waals surface area contributed by atoms with Crippen molar-refractivity contribution in [1.82, 2.24) is 5.32 Å². The number of nitrogens with zero attached hydrogens (tertiary/aromatic N) is 1. The van der Waals surface area contributed by atoms with Gasteiger partial charge in [-0.15, -0.1) is 0 Å². The Morgan fingerprint density at radius 3 is 2.56 bits per heavy atom. The minimum atomic E-state index is 0.636. The van der Waals surface area contributed by atoms with Gasteiger partial charge in [-0.1, -0.05) is 24.1 Å². The predicted octanol–water partition coefficient (Wildman–Crippen LogP) is 3.52. The molecule has 18 heavy (non-hydrogen) atoms. The van der Waals surface area contributed by atoms with E-state index in [-0.39, 0.29) is 0 Å². The number of anilines is 1. The Bertz CT molecular complexity index is 360. The van der Waals surface area contributed by atoms with Crippen LogP contribution >= 0.6 is 0 Å². The van der Waals surface area contributed by atoms with Gasteiger partial charge in [-0.05, 0) is 52.3 Å². The van der Waals surface area contributed by atoms with E-state index in [2.05, 4.69) is 56.2 Å². The SMILES string of the molecule is CNC(C)CCCCN(C)c1ccc(C)cc1C. The van der Waals surface area contributed by atoms with Gasteiger partial charge >= 0.3 is 0 Å². The van der Waals surface area contributed by atoms with Crippen LogP contribution in [0.1, 0.15) is 37.3 Å². The largest absolute Gasteiger partial charge is 0.374 e. The van der Waals surface area contributed by atoms with Gasteiger partial charge in [0.2, 0.25) is 0 Å². The van der Waals surface area contributed by atoms with Crippen LogP contribution in [0.2, 0.25) is 0 Å². The van der Waals surface area contributed by atoms with E-state index in [1.807, 2.05) is 7.05 Å². The van der Waals surface area contributed by atoms with Crippen molar-refractivity contribution in [2.24, 2.45) is 0 Å². The van der Waals surface area contributed by atoms with Gasteiger partial charge in [-0.3, -0.25) is 0 Å². The minimum absolute atomic E-state index is 0.636. The van der Waals surface area contributed by atoms with Crippen LogP contribution in [0.5, 0.6) is 0 Å². The van der Waals surface area contributed by atoms with Crippen molar-refractivity contribution in [2.75, 3.05) is 25.5 Å². The molecule has 0 radical (unpaired) electrons. The van der Waals surface area contributed by atoms with Crippen molar-refractivity contribution in [3.8, 4) is 0 Å². The van der Waals surface area contributed by atoms with E-state index in [0.29, 0.717) is 6.04 Å². The molecular weight excluding hydrogens is 220 g/mol. The molecule has 0 aliphatic carbocycles. The molecule has 0 aromatic heterocycles. The number of benzene rings is 1. The minimum Gasteiger partial charge on any atom is -0.374 e. The maximum Gasteiger partial charge on any atom is 0.0393 e. The first-order valence-electron chi connectivity index (χ1n) is 7.00. The number of hydrogen-bond donors (Lipinski definition) is 1. The number of aryl methyl sites for hydroxylation is 2. The monoisotopic (exact) mass is 248 g/mol. The Labute approximate surface area is 112 Å². The molecule has 1 aromatic rings. The molecule has 0 bridgehead atoms. The Morgan fingerprint density at radius 2 is 1.94 bits per heavy atom. The second kappa shape index (κ2) is 7.42. The first-order chi connectivity index (χ1) is 8.54. The maximum atomic E-state index is 3.29. The lowest BCUT2D eigenvalue weighted by molar-refractivity contribution is 0.528. The summed E-state index contributed by atoms with van der Waals surface area (Å²) in [5, 5.41) is 3.29. The van der Waals surface area contributed by atoms with Gasteiger partial charge in [0.15, 0.2) is 0 Å². The van der Waals surface area contributed by atoms with Crippen LogP contribution in [0.25, 0.3) is 0 Å². The van der Waals surface area contributed by atoms with E-state index >= 15 is 0 Å². The number of hydrogen-bond acceptors (Lipinski definition) is 2. The van der Waals surface area contributed by atoms with Crippen molar-refractivity contribution in [3.05, 3.63) is 29.3 Å². The summed E-state index contributed by atoms with van der Waals surface area (Å²) >= 11 is 0. The summed E-state index contributed by atoms with van der Waals surface area (Å²) in [6.07, 6.45) is 3.81. The zero-order chi connectivity index (χ0) is 13.5. The Hall–Kier alpha value is -1.02. The van der Waals surface area contributed by atoms with Crippen LogP contribution in [-0.2, 0) is 0 Å². The number of nitrogens with one attached hydrogen (secondary N) is 1. The summed E-state index contributed by atoms with van der Waals surface area (Å²) in [4.78, 5) is 2.37. The summed E-state index contributed by atoms with van der Waals surface area (Å²) in [5.41, 5.74) is 4.08. The van der Waals surface area contributed by atoms with Crippen molar-refractivity contribution in [2.45, 2.75) is 46.1 Å². The fourth-order valence-electron chi connectivity index (χ4n) is 2.30. The van der Waals surface area contributed by atoms with E-state index in [1.54, 1.807) is 0 Å². The summed E-state index contributed by atoms with van der Waals surface area (Å²) in [5.74, 6) is 0. The van der Waals surface area contributed by atoms with Gasteiger partial charge in [0, 0.05) is 25.3 Å². The highest BCUT2D eigenvalue weighted by atomic mass is 15.1. The van der Waals surface area contributed by atoms with Gasteiger partial charge in [0.25, 0.3) is 0 Å². The van der Waals surface area contributed by atoms with Crippen LogP contribution in [-0.4, -0.2) is 26.7 Å². The molecule has 0 saturated heterocycles. The first-order valence-corrected chi connectivity index (χ1v) is 7.00. The maximum absolute atomic E-state index is 3.29. The molecule has 0 heterocycles. The van der Waals surface area contributed by atoms with Crippen LogP contribution in [0.4, 0.5) is 5.69 Å². The third-order valence-electron chi connectivity index (χ3n) is 3.64. The van der Waals surface area contributed by atoms with Gasteiger partial charge in [0.1, 0.15) is 0 Å². The normalized spacial score (nSPS) is 12.5. The van der Waals surface area contributed by atoms with Gasteiger partial charge in [-0.2, -0.15) is 0 Å².